The van der Waals surface area contributed by atoms with Gasteiger partial charge in [-0.1, -0.05) is 94.3 Å². The molecule has 1 atom stereocenters. The molecule has 2 aromatic carbocycles. The second-order valence-electron chi connectivity index (χ2n) is 7.14. The second kappa shape index (κ2) is 13.5. The Balaban J connectivity index is 0.00000392. The number of aryl methyl sites for hydroxylation is 1. The topological polar surface area (TPSA) is 54.4 Å². The van der Waals surface area contributed by atoms with Crippen LogP contribution in [0.4, 0.5) is 0 Å². The van der Waals surface area contributed by atoms with Gasteiger partial charge in [-0.15, -0.1) is 0 Å². The Morgan fingerprint density at radius 1 is 0.857 bits per heavy atom. The van der Waals surface area contributed by atoms with E-state index in [0.717, 1.165) is 12.8 Å². The molecule has 5 heteroatoms. The van der Waals surface area contributed by atoms with Crippen LogP contribution >= 0.6 is 7.37 Å². The predicted molar refractivity (Wildman–Crippen MR) is 114 cm³/mol. The van der Waals surface area contributed by atoms with E-state index in [4.69, 9.17) is 0 Å². The molecule has 0 saturated heterocycles. The first-order chi connectivity index (χ1) is 13.1. The molecule has 0 aromatic heterocycles. The van der Waals surface area contributed by atoms with Crippen LogP contribution in [-0.4, -0.2) is 10.4 Å². The Hall–Kier alpha value is -0.700. The maximum atomic E-state index is 12.5. The van der Waals surface area contributed by atoms with Gasteiger partial charge in [0.05, 0.1) is 0 Å². The number of rotatable bonds is 12. The van der Waals surface area contributed by atoms with Crippen LogP contribution < -0.4 is 34.9 Å². The molecule has 0 aliphatic rings. The van der Waals surface area contributed by atoms with Gasteiger partial charge in [-0.05, 0) is 30.5 Å². The van der Waals surface area contributed by atoms with Crippen LogP contribution in [0.3, 0.4) is 0 Å². The van der Waals surface area contributed by atoms with Crippen molar-refractivity contribution in [2.45, 2.75) is 64.7 Å². The molecule has 0 heterocycles. The number of hydrogen-bond acceptors (Lipinski definition) is 2. The van der Waals surface area contributed by atoms with E-state index in [1.807, 2.05) is 12.1 Å². The molecule has 0 saturated carbocycles. The van der Waals surface area contributed by atoms with Crippen LogP contribution in [0.15, 0.2) is 54.6 Å². The molecule has 0 bridgehead atoms. The Kier molecular flexibility index (Phi) is 12.2. The van der Waals surface area contributed by atoms with E-state index < -0.39 is 12.9 Å². The number of benzene rings is 2. The van der Waals surface area contributed by atoms with Crippen LogP contribution in [0.1, 0.15) is 75.6 Å². The number of hydrogen-bond donors (Lipinski definition) is 1. The van der Waals surface area contributed by atoms with Crippen LogP contribution in [0.25, 0.3) is 0 Å². The SMILES string of the molecule is CCCCCCCCCCc1ccc(C(=O)P(=O)(O)c2ccccc2)cc1.[H-].[Na+]. The zero-order chi connectivity index (χ0) is 19.5. The maximum absolute atomic E-state index is 12.5. The fraction of sp³-hybridized carbons (Fsp3) is 0.435. The zero-order valence-corrected chi connectivity index (χ0v) is 20.2. The van der Waals surface area contributed by atoms with Crippen LogP contribution in [0.5, 0.6) is 0 Å². The van der Waals surface area contributed by atoms with Crippen LogP contribution in [0.2, 0.25) is 0 Å². The monoisotopic (exact) mass is 410 g/mol. The second-order valence-corrected chi connectivity index (χ2v) is 9.21. The Morgan fingerprint density at radius 3 is 1.96 bits per heavy atom. The first kappa shape index (κ1) is 25.3. The van der Waals surface area contributed by atoms with E-state index in [0.29, 0.717) is 5.56 Å². The summed E-state index contributed by atoms with van der Waals surface area (Å²) in [7, 11) is -4.05. The third-order valence-electron chi connectivity index (χ3n) is 4.90. The molecule has 0 amide bonds. The molecule has 2 rings (SSSR count). The van der Waals surface area contributed by atoms with Gasteiger partial charge in [-0.2, -0.15) is 0 Å². The van der Waals surface area contributed by atoms with Gasteiger partial charge in [0.15, 0.2) is 0 Å². The van der Waals surface area contributed by atoms with E-state index in [-0.39, 0.29) is 36.3 Å². The molecule has 0 radical (unpaired) electrons. The third kappa shape index (κ3) is 7.97. The molecule has 3 nitrogen and oxygen atoms in total. The molecule has 0 spiro atoms. The van der Waals surface area contributed by atoms with Gasteiger partial charge in [-0.25, -0.2) is 0 Å². The van der Waals surface area contributed by atoms with Gasteiger partial charge < -0.3 is 6.32 Å². The molecular weight excluding hydrogens is 378 g/mol. The summed E-state index contributed by atoms with van der Waals surface area (Å²) >= 11 is 0. The van der Waals surface area contributed by atoms with Crippen molar-refractivity contribution >= 4 is 18.2 Å². The van der Waals surface area contributed by atoms with Crippen molar-refractivity contribution < 1.29 is 45.2 Å². The van der Waals surface area contributed by atoms with Crippen molar-refractivity contribution in [2.24, 2.45) is 0 Å². The molecule has 1 N–H and O–H groups in total. The van der Waals surface area contributed by atoms with Gasteiger partial charge >= 0.3 is 29.6 Å². The molecule has 148 valence electrons. The summed E-state index contributed by atoms with van der Waals surface area (Å²) in [5, 5.41) is 0.179. The molecule has 28 heavy (non-hydrogen) atoms. The summed E-state index contributed by atoms with van der Waals surface area (Å²) in [6.07, 6.45) is 11.3. The fourth-order valence-electron chi connectivity index (χ4n) is 3.20. The first-order valence-electron chi connectivity index (χ1n) is 10.1. The van der Waals surface area contributed by atoms with Crippen LogP contribution in [0, 0.1) is 0 Å². The molecule has 0 fully saturated rings. The van der Waals surface area contributed by atoms with Crippen molar-refractivity contribution in [2.75, 3.05) is 0 Å². The Bertz CT molecular complexity index is 750. The fourth-order valence-corrected chi connectivity index (χ4v) is 4.51. The summed E-state index contributed by atoms with van der Waals surface area (Å²) in [5.41, 5.74) is 0.765. The normalized spacial score (nSPS) is 12.8. The molecular formula is C23H32NaO3P. The summed E-state index contributed by atoms with van der Waals surface area (Å²) < 4.78 is 12.5. The quantitative estimate of drug-likeness (QED) is 0.332. The minimum Gasteiger partial charge on any atom is -1.00 e. The average molecular weight is 410 g/mol. The largest absolute Gasteiger partial charge is 1.00 e. The average Bonchev–Trinajstić information content (AvgIpc) is 2.70. The number of unbranched alkanes of at least 4 members (excludes halogenated alkanes) is 7. The standard InChI is InChI=1S/C23H31O3P.Na.H/c1-2-3-4-5-6-7-8-10-13-20-16-18-21(19-17-20)23(24)27(25,26)22-14-11-9-12-15-22;;/h9,11-12,14-19H,2-8,10,13H2,1H3,(H,25,26);;/q;+1;-1. The minimum atomic E-state index is -4.05. The van der Waals surface area contributed by atoms with Gasteiger partial charge in [0.1, 0.15) is 0 Å². The zero-order valence-electron chi connectivity index (χ0n) is 18.3. The van der Waals surface area contributed by atoms with Gasteiger partial charge in [0, 0.05) is 10.9 Å². The van der Waals surface area contributed by atoms with E-state index in [2.05, 4.69) is 6.92 Å². The third-order valence-corrected chi connectivity index (χ3v) is 6.71. The smallest absolute Gasteiger partial charge is 1.00 e. The van der Waals surface area contributed by atoms with E-state index in [9.17, 15) is 14.3 Å². The van der Waals surface area contributed by atoms with Crippen molar-refractivity contribution in [3.63, 3.8) is 0 Å². The summed E-state index contributed by atoms with van der Waals surface area (Å²) in [5.74, 6) is 0. The Labute approximate surface area is 193 Å². The van der Waals surface area contributed by atoms with Crippen molar-refractivity contribution in [1.29, 1.82) is 0 Å². The van der Waals surface area contributed by atoms with E-state index >= 15 is 0 Å². The van der Waals surface area contributed by atoms with Crippen molar-refractivity contribution in [3.05, 3.63) is 65.7 Å². The molecule has 0 aliphatic heterocycles. The number of carbonyl (C=O) groups excluding carboxylic acids is 1. The first-order valence-corrected chi connectivity index (χ1v) is 11.7. The minimum absolute atomic E-state index is 0. The van der Waals surface area contributed by atoms with Gasteiger partial charge in [0.2, 0.25) is 0 Å². The van der Waals surface area contributed by atoms with Crippen molar-refractivity contribution in [1.82, 2.24) is 0 Å². The maximum Gasteiger partial charge on any atom is 1.00 e. The molecule has 1 unspecified atom stereocenters. The molecule has 0 aliphatic carbocycles. The van der Waals surface area contributed by atoms with E-state index in [1.165, 1.54) is 62.6 Å². The molecule has 2 aromatic rings. The van der Waals surface area contributed by atoms with Gasteiger partial charge in [-0.3, -0.25) is 9.36 Å². The van der Waals surface area contributed by atoms with Crippen LogP contribution in [-0.2, 0) is 11.0 Å². The Morgan fingerprint density at radius 2 is 1.39 bits per heavy atom. The number of carbonyl (C=O) groups is 1. The summed E-state index contributed by atoms with van der Waals surface area (Å²) in [4.78, 5) is 22.7. The summed E-state index contributed by atoms with van der Waals surface area (Å²) in [6, 6.07) is 15.3. The summed E-state index contributed by atoms with van der Waals surface area (Å²) in [6.45, 7) is 2.24. The predicted octanol–water partition coefficient (Wildman–Crippen LogP) is 3.22. The van der Waals surface area contributed by atoms with Gasteiger partial charge in [0.25, 0.3) is 12.9 Å². The van der Waals surface area contributed by atoms with Crippen molar-refractivity contribution in [3.8, 4) is 0 Å². The van der Waals surface area contributed by atoms with E-state index in [1.54, 1.807) is 30.3 Å².